The Hall–Kier alpha value is -0.690. The lowest BCUT2D eigenvalue weighted by Crippen LogP contribution is -1.85. The van der Waals surface area contributed by atoms with Crippen molar-refractivity contribution in [3.63, 3.8) is 0 Å². The molecule has 0 heterocycles. The molecule has 1 rings (SSSR count). The van der Waals surface area contributed by atoms with Gasteiger partial charge in [0.1, 0.15) is 5.75 Å². The van der Waals surface area contributed by atoms with Gasteiger partial charge in [-0.25, -0.2) is 0 Å². The minimum Gasteiger partial charge on any atom is -0.496 e. The van der Waals surface area contributed by atoms with Gasteiger partial charge in [0, 0.05) is 5.02 Å². The lowest BCUT2D eigenvalue weighted by Gasteiger charge is -2.02. The molecule has 54 valence electrons. The van der Waals surface area contributed by atoms with Gasteiger partial charge in [-0.1, -0.05) is 17.7 Å². The number of ether oxygens (including phenoxy) is 1. The highest BCUT2D eigenvalue weighted by Gasteiger charge is 1.96. The predicted molar refractivity (Wildman–Crippen MR) is 42.7 cm³/mol. The highest BCUT2D eigenvalue weighted by molar-refractivity contribution is 6.30. The van der Waals surface area contributed by atoms with E-state index in [1.807, 2.05) is 0 Å². The molecule has 0 unspecified atom stereocenters. The molecule has 0 bridgehead atoms. The van der Waals surface area contributed by atoms with Crippen LogP contribution in [-0.2, 0) is 0 Å². The molecule has 10 heavy (non-hydrogen) atoms. The summed E-state index contributed by atoms with van der Waals surface area (Å²) in [5.74, 6) is 0.299. The summed E-state index contributed by atoms with van der Waals surface area (Å²) in [4.78, 5) is 0. The van der Waals surface area contributed by atoms with E-state index in [9.17, 15) is 0 Å². The molecule has 0 aliphatic heterocycles. The first-order valence-corrected chi connectivity index (χ1v) is 3.21. The molecule has 0 aromatic heterocycles. The lowest BCUT2D eigenvalue weighted by atomic mass is 10.2. The van der Waals surface area contributed by atoms with E-state index >= 15 is 0 Å². The van der Waals surface area contributed by atoms with Gasteiger partial charge >= 0.3 is 0 Å². The highest BCUT2D eigenvalue weighted by atomic mass is 35.5. The molecular formula is C8H9ClO. The Bertz CT molecular complexity index is 309. The van der Waals surface area contributed by atoms with Crippen molar-refractivity contribution in [2.75, 3.05) is 7.04 Å². The maximum Gasteiger partial charge on any atom is 0.123 e. The van der Waals surface area contributed by atoms with Crippen LogP contribution < -0.4 is 4.74 Å². The first kappa shape index (κ1) is 4.24. The van der Waals surface area contributed by atoms with E-state index in [2.05, 4.69) is 0 Å². The molecule has 1 aromatic carbocycles. The van der Waals surface area contributed by atoms with Crippen molar-refractivity contribution in [3.05, 3.63) is 28.8 Å². The van der Waals surface area contributed by atoms with Gasteiger partial charge in [0.25, 0.3) is 0 Å². The zero-order chi connectivity index (χ0) is 10.1. The number of rotatable bonds is 1. The minimum atomic E-state index is -2.42. The Kier molecular flexibility index (Phi) is 1.24. The molecule has 0 N–H and O–H groups in total. The van der Waals surface area contributed by atoms with Crippen molar-refractivity contribution in [1.29, 1.82) is 0 Å². The SMILES string of the molecule is [2H]C([2H])([2H])Oc1cc(Cl)ccc1C. The Labute approximate surface area is 69.8 Å². The average molecular weight is 160 g/mol. The van der Waals surface area contributed by atoms with Crippen LogP contribution in [0.5, 0.6) is 5.75 Å². The number of hydrogen-bond acceptors (Lipinski definition) is 1. The monoisotopic (exact) mass is 159 g/mol. The van der Waals surface area contributed by atoms with Crippen LogP contribution in [0.2, 0.25) is 5.02 Å². The molecule has 0 saturated carbocycles. The van der Waals surface area contributed by atoms with Gasteiger partial charge in [-0.3, -0.25) is 0 Å². The molecule has 0 fully saturated rings. The fraction of sp³-hybridized carbons (Fsp3) is 0.250. The third-order valence-corrected chi connectivity index (χ3v) is 1.50. The Morgan fingerprint density at radius 3 is 3.10 bits per heavy atom. The second kappa shape index (κ2) is 2.93. The molecule has 0 aliphatic rings. The van der Waals surface area contributed by atoms with Gasteiger partial charge in [-0.05, 0) is 24.6 Å². The zero-order valence-electron chi connectivity index (χ0n) is 8.52. The van der Waals surface area contributed by atoms with Crippen molar-refractivity contribution in [3.8, 4) is 5.75 Å². The summed E-state index contributed by atoms with van der Waals surface area (Å²) >= 11 is 5.68. The van der Waals surface area contributed by atoms with Crippen LogP contribution in [-0.4, -0.2) is 7.04 Å². The number of methoxy groups -OCH3 is 1. The van der Waals surface area contributed by atoms with Gasteiger partial charge in [0.2, 0.25) is 0 Å². The average Bonchev–Trinajstić information content (AvgIpc) is 1.94. The molecule has 1 nitrogen and oxygen atoms in total. The normalized spacial score (nSPS) is 15.2. The largest absolute Gasteiger partial charge is 0.496 e. The lowest BCUT2D eigenvalue weighted by molar-refractivity contribution is 0.412. The van der Waals surface area contributed by atoms with Crippen LogP contribution in [0.3, 0.4) is 0 Å². The molecule has 0 aliphatic carbocycles. The number of halogens is 1. The molecule has 0 radical (unpaired) electrons. The number of hydrogen-bond donors (Lipinski definition) is 0. The van der Waals surface area contributed by atoms with E-state index in [4.69, 9.17) is 20.5 Å². The minimum absolute atomic E-state index is 0.299. The third-order valence-electron chi connectivity index (χ3n) is 1.26. The van der Waals surface area contributed by atoms with Gasteiger partial charge in [0.15, 0.2) is 0 Å². The van der Waals surface area contributed by atoms with E-state index in [1.54, 1.807) is 19.1 Å². The predicted octanol–water partition coefficient (Wildman–Crippen LogP) is 2.66. The van der Waals surface area contributed by atoms with Crippen LogP contribution in [0.15, 0.2) is 18.2 Å². The molecule has 0 saturated heterocycles. The summed E-state index contributed by atoms with van der Waals surface area (Å²) < 4.78 is 25.4. The summed E-state index contributed by atoms with van der Waals surface area (Å²) in [5, 5.41) is 0.463. The van der Waals surface area contributed by atoms with Crippen LogP contribution >= 0.6 is 11.6 Å². The van der Waals surface area contributed by atoms with Crippen molar-refractivity contribution < 1.29 is 8.85 Å². The first-order valence-electron chi connectivity index (χ1n) is 4.34. The van der Waals surface area contributed by atoms with Gasteiger partial charge in [-0.15, -0.1) is 0 Å². The van der Waals surface area contributed by atoms with Crippen LogP contribution in [0.1, 0.15) is 9.68 Å². The quantitative estimate of drug-likeness (QED) is 0.612. The molecule has 0 atom stereocenters. The fourth-order valence-electron chi connectivity index (χ4n) is 0.684. The Morgan fingerprint density at radius 2 is 2.40 bits per heavy atom. The first-order chi connectivity index (χ1) is 5.88. The third kappa shape index (κ3) is 1.42. The maximum atomic E-state index is 6.90. The topological polar surface area (TPSA) is 9.23 Å². The van der Waals surface area contributed by atoms with Crippen LogP contribution in [0.25, 0.3) is 0 Å². The van der Waals surface area contributed by atoms with Crippen molar-refractivity contribution >= 4 is 11.6 Å². The van der Waals surface area contributed by atoms with E-state index in [0.717, 1.165) is 5.56 Å². The Morgan fingerprint density at radius 1 is 1.60 bits per heavy atom. The molecule has 0 amide bonds. The summed E-state index contributed by atoms with van der Waals surface area (Å²) in [5.41, 5.74) is 0.750. The van der Waals surface area contributed by atoms with Crippen molar-refractivity contribution in [1.82, 2.24) is 0 Å². The van der Waals surface area contributed by atoms with E-state index in [-0.39, 0.29) is 0 Å². The Balaban J connectivity index is 2.94. The fourth-order valence-corrected chi connectivity index (χ4v) is 0.846. The zero-order valence-corrected chi connectivity index (χ0v) is 6.27. The standard InChI is InChI=1S/C8H9ClO/c1-6-3-4-7(9)5-8(6)10-2/h3-5H,1-2H3/i2D3. The molecule has 0 spiro atoms. The van der Waals surface area contributed by atoms with E-state index < -0.39 is 7.04 Å². The second-order valence-corrected chi connectivity index (χ2v) is 2.45. The maximum absolute atomic E-state index is 6.90. The van der Waals surface area contributed by atoms with Gasteiger partial charge < -0.3 is 4.74 Å². The molecular weight excluding hydrogens is 148 g/mol. The van der Waals surface area contributed by atoms with E-state index in [1.165, 1.54) is 6.07 Å². The molecule has 2 heteroatoms. The second-order valence-electron chi connectivity index (χ2n) is 2.01. The van der Waals surface area contributed by atoms with Crippen LogP contribution in [0.4, 0.5) is 0 Å². The summed E-state index contributed by atoms with van der Waals surface area (Å²) in [6, 6.07) is 4.88. The molecule has 1 aromatic rings. The summed E-state index contributed by atoms with van der Waals surface area (Å²) in [7, 11) is -2.42. The highest BCUT2D eigenvalue weighted by Crippen LogP contribution is 2.21. The van der Waals surface area contributed by atoms with Gasteiger partial charge in [0.05, 0.1) is 11.2 Å². The summed E-state index contributed by atoms with van der Waals surface area (Å²) in [6.45, 7) is 1.76. The smallest absolute Gasteiger partial charge is 0.123 e. The number of benzene rings is 1. The van der Waals surface area contributed by atoms with Crippen molar-refractivity contribution in [2.24, 2.45) is 0 Å². The van der Waals surface area contributed by atoms with E-state index in [0.29, 0.717) is 10.8 Å². The summed E-state index contributed by atoms with van der Waals surface area (Å²) in [6.07, 6.45) is 0. The number of aryl methyl sites for hydroxylation is 1. The van der Waals surface area contributed by atoms with Crippen LogP contribution in [0, 0.1) is 6.92 Å². The van der Waals surface area contributed by atoms with Crippen molar-refractivity contribution in [2.45, 2.75) is 6.92 Å². The van der Waals surface area contributed by atoms with Gasteiger partial charge in [-0.2, -0.15) is 0 Å².